The van der Waals surface area contributed by atoms with Gasteiger partial charge in [0.05, 0.1) is 25.2 Å². The van der Waals surface area contributed by atoms with Crippen LogP contribution in [-0.4, -0.2) is 31.1 Å². The molecule has 2 N–H and O–H groups in total. The number of hydrogen-bond donors (Lipinski definition) is 2. The minimum atomic E-state index is -0.601. The lowest BCUT2D eigenvalue weighted by Crippen LogP contribution is -2.39. The van der Waals surface area contributed by atoms with Crippen LogP contribution < -0.4 is 20.1 Å². The van der Waals surface area contributed by atoms with Crippen LogP contribution in [0, 0.1) is 10.1 Å². The van der Waals surface area contributed by atoms with Gasteiger partial charge < -0.3 is 14.8 Å². The highest BCUT2D eigenvalue weighted by molar-refractivity contribution is 5.96. The third-order valence-corrected chi connectivity index (χ3v) is 4.16. The van der Waals surface area contributed by atoms with Crippen LogP contribution in [0.2, 0.25) is 0 Å². The van der Waals surface area contributed by atoms with Crippen molar-refractivity contribution in [3.05, 3.63) is 58.1 Å². The van der Waals surface area contributed by atoms with Gasteiger partial charge in [-0.2, -0.15) is 0 Å². The molecule has 0 aromatic heterocycles. The first-order chi connectivity index (χ1) is 12.9. The standard InChI is InChI=1S/C19H23N3O5/c1-12(15-11-14(26-3)9-10-18(15)27-4)20-13(2)19(23)21-16-7-5-6-8-17(16)22(24)25/h5-13,20H,1-4H3,(H,21,23)/t12-,13-/m1/s1. The van der Waals surface area contributed by atoms with Gasteiger partial charge in [0, 0.05) is 17.7 Å². The summed E-state index contributed by atoms with van der Waals surface area (Å²) in [5.74, 6) is 0.969. The molecular weight excluding hydrogens is 350 g/mol. The SMILES string of the molecule is COc1ccc(OC)c([C@@H](C)N[C@H](C)C(=O)Nc2ccccc2[N+](=O)[O-])c1. The molecule has 0 bridgehead atoms. The summed E-state index contributed by atoms with van der Waals surface area (Å²) in [4.78, 5) is 23.0. The molecule has 0 saturated heterocycles. The van der Waals surface area contributed by atoms with Crippen LogP contribution >= 0.6 is 0 Å². The van der Waals surface area contributed by atoms with E-state index in [4.69, 9.17) is 9.47 Å². The molecule has 0 aliphatic carbocycles. The second kappa shape index (κ2) is 9.00. The van der Waals surface area contributed by atoms with E-state index in [2.05, 4.69) is 10.6 Å². The van der Waals surface area contributed by atoms with E-state index >= 15 is 0 Å². The number of rotatable bonds is 8. The van der Waals surface area contributed by atoms with Crippen LogP contribution in [0.3, 0.4) is 0 Å². The number of anilines is 1. The summed E-state index contributed by atoms with van der Waals surface area (Å²) in [7, 11) is 3.15. The van der Waals surface area contributed by atoms with Crippen molar-refractivity contribution in [3.8, 4) is 11.5 Å². The Morgan fingerprint density at radius 1 is 1.11 bits per heavy atom. The van der Waals surface area contributed by atoms with Gasteiger partial charge in [-0.05, 0) is 38.1 Å². The normalized spacial score (nSPS) is 12.7. The Balaban J connectivity index is 2.12. The van der Waals surface area contributed by atoms with Crippen molar-refractivity contribution in [2.45, 2.75) is 25.9 Å². The predicted octanol–water partition coefficient (Wildman–Crippen LogP) is 3.29. The predicted molar refractivity (Wildman–Crippen MR) is 102 cm³/mol. The fraction of sp³-hybridized carbons (Fsp3) is 0.316. The Morgan fingerprint density at radius 2 is 1.81 bits per heavy atom. The van der Waals surface area contributed by atoms with E-state index in [-0.39, 0.29) is 23.3 Å². The Hall–Kier alpha value is -3.13. The summed E-state index contributed by atoms with van der Waals surface area (Å²) in [6, 6.07) is 10.6. The Labute approximate surface area is 157 Å². The summed E-state index contributed by atoms with van der Waals surface area (Å²) in [6.45, 7) is 3.58. The number of nitrogens with zero attached hydrogens (tertiary/aromatic N) is 1. The van der Waals surface area contributed by atoms with Gasteiger partial charge in [0.25, 0.3) is 5.69 Å². The van der Waals surface area contributed by atoms with Crippen LogP contribution in [0.15, 0.2) is 42.5 Å². The minimum absolute atomic E-state index is 0.152. The van der Waals surface area contributed by atoms with E-state index in [1.165, 1.54) is 12.1 Å². The average Bonchev–Trinajstić information content (AvgIpc) is 2.67. The first-order valence-electron chi connectivity index (χ1n) is 8.39. The summed E-state index contributed by atoms with van der Waals surface area (Å²) in [5.41, 5.74) is 0.843. The van der Waals surface area contributed by atoms with E-state index in [9.17, 15) is 14.9 Å². The summed E-state index contributed by atoms with van der Waals surface area (Å²) >= 11 is 0. The summed E-state index contributed by atoms with van der Waals surface area (Å²) in [6.07, 6.45) is 0. The molecular formula is C19H23N3O5. The smallest absolute Gasteiger partial charge is 0.292 e. The Bertz CT molecular complexity index is 825. The number of para-hydroxylation sites is 2. The maximum atomic E-state index is 12.5. The van der Waals surface area contributed by atoms with Crippen LogP contribution in [0.4, 0.5) is 11.4 Å². The molecule has 0 aliphatic heterocycles. The molecule has 0 saturated carbocycles. The molecule has 144 valence electrons. The molecule has 8 nitrogen and oxygen atoms in total. The fourth-order valence-electron chi connectivity index (χ4n) is 2.70. The van der Waals surface area contributed by atoms with Gasteiger partial charge in [-0.3, -0.25) is 20.2 Å². The first-order valence-corrected chi connectivity index (χ1v) is 8.39. The van der Waals surface area contributed by atoms with Crippen molar-refractivity contribution in [1.82, 2.24) is 5.32 Å². The molecule has 0 aliphatic rings. The Kier molecular flexibility index (Phi) is 6.73. The van der Waals surface area contributed by atoms with E-state index in [0.29, 0.717) is 11.5 Å². The second-order valence-corrected chi connectivity index (χ2v) is 5.98. The number of nitro groups is 1. The lowest BCUT2D eigenvalue weighted by Gasteiger charge is -2.22. The third-order valence-electron chi connectivity index (χ3n) is 4.16. The van der Waals surface area contributed by atoms with Crippen molar-refractivity contribution < 1.29 is 19.2 Å². The molecule has 1 amide bonds. The molecule has 0 heterocycles. The lowest BCUT2D eigenvalue weighted by molar-refractivity contribution is -0.383. The molecule has 2 aromatic carbocycles. The maximum Gasteiger partial charge on any atom is 0.292 e. The minimum Gasteiger partial charge on any atom is -0.497 e. The van der Waals surface area contributed by atoms with E-state index in [1.807, 2.05) is 13.0 Å². The maximum absolute atomic E-state index is 12.5. The third kappa shape index (κ3) is 4.95. The largest absolute Gasteiger partial charge is 0.497 e. The number of methoxy groups -OCH3 is 2. The highest BCUT2D eigenvalue weighted by Crippen LogP contribution is 2.29. The number of carbonyl (C=O) groups excluding carboxylic acids is 1. The highest BCUT2D eigenvalue weighted by atomic mass is 16.6. The van der Waals surface area contributed by atoms with Crippen LogP contribution in [0.25, 0.3) is 0 Å². The van der Waals surface area contributed by atoms with Crippen molar-refractivity contribution in [2.75, 3.05) is 19.5 Å². The van der Waals surface area contributed by atoms with Crippen molar-refractivity contribution in [2.24, 2.45) is 0 Å². The van der Waals surface area contributed by atoms with Gasteiger partial charge >= 0.3 is 0 Å². The lowest BCUT2D eigenvalue weighted by atomic mass is 10.1. The topological polar surface area (TPSA) is 103 Å². The van der Waals surface area contributed by atoms with E-state index in [1.54, 1.807) is 45.4 Å². The Morgan fingerprint density at radius 3 is 2.44 bits per heavy atom. The molecule has 2 rings (SSSR count). The number of nitrogens with one attached hydrogen (secondary N) is 2. The number of ether oxygens (including phenoxy) is 2. The number of hydrogen-bond acceptors (Lipinski definition) is 6. The van der Waals surface area contributed by atoms with Gasteiger partial charge in [0.1, 0.15) is 17.2 Å². The number of amides is 1. The molecule has 2 atom stereocenters. The second-order valence-electron chi connectivity index (χ2n) is 5.98. The fourth-order valence-corrected chi connectivity index (χ4v) is 2.70. The van der Waals surface area contributed by atoms with Crippen molar-refractivity contribution >= 4 is 17.3 Å². The summed E-state index contributed by atoms with van der Waals surface area (Å²) < 4.78 is 10.6. The van der Waals surface area contributed by atoms with Gasteiger partial charge in [0.15, 0.2) is 0 Å². The highest BCUT2D eigenvalue weighted by Gasteiger charge is 2.21. The van der Waals surface area contributed by atoms with Crippen LogP contribution in [-0.2, 0) is 4.79 Å². The van der Waals surface area contributed by atoms with Gasteiger partial charge in [-0.1, -0.05) is 12.1 Å². The molecule has 0 spiro atoms. The number of nitro benzene ring substituents is 1. The molecule has 8 heteroatoms. The zero-order valence-electron chi connectivity index (χ0n) is 15.7. The molecule has 0 radical (unpaired) electrons. The van der Waals surface area contributed by atoms with Crippen molar-refractivity contribution in [1.29, 1.82) is 0 Å². The van der Waals surface area contributed by atoms with E-state index < -0.39 is 11.0 Å². The van der Waals surface area contributed by atoms with Crippen molar-refractivity contribution in [3.63, 3.8) is 0 Å². The van der Waals surface area contributed by atoms with Crippen LogP contribution in [0.5, 0.6) is 11.5 Å². The van der Waals surface area contributed by atoms with Gasteiger partial charge in [0.2, 0.25) is 5.91 Å². The van der Waals surface area contributed by atoms with Crippen LogP contribution in [0.1, 0.15) is 25.5 Å². The molecule has 0 fully saturated rings. The van der Waals surface area contributed by atoms with Gasteiger partial charge in [-0.25, -0.2) is 0 Å². The first kappa shape index (κ1) is 20.2. The molecule has 0 unspecified atom stereocenters. The molecule has 2 aromatic rings. The van der Waals surface area contributed by atoms with E-state index in [0.717, 1.165) is 5.56 Å². The van der Waals surface area contributed by atoms with Gasteiger partial charge in [-0.15, -0.1) is 0 Å². The average molecular weight is 373 g/mol. The monoisotopic (exact) mass is 373 g/mol. The zero-order chi connectivity index (χ0) is 20.0. The number of benzene rings is 2. The zero-order valence-corrected chi connectivity index (χ0v) is 15.7. The summed E-state index contributed by atoms with van der Waals surface area (Å²) in [5, 5.41) is 16.9. The number of carbonyl (C=O) groups is 1. The quantitative estimate of drug-likeness (QED) is 0.544. The molecule has 27 heavy (non-hydrogen) atoms.